The largest absolute Gasteiger partial charge is 0.361 e. The van der Waals surface area contributed by atoms with Gasteiger partial charge in [0, 0.05) is 24.2 Å². The molecular formula is C15H20N6O4S2. The Morgan fingerprint density at radius 1 is 1.48 bits per heavy atom. The summed E-state index contributed by atoms with van der Waals surface area (Å²) < 4.78 is 33.5. The van der Waals surface area contributed by atoms with Gasteiger partial charge in [0.2, 0.25) is 4.80 Å². The van der Waals surface area contributed by atoms with E-state index in [9.17, 15) is 18.0 Å². The number of hydrogen-bond acceptors (Lipinski definition) is 6. The number of aromatic nitrogens is 4. The molecule has 3 rings (SSSR count). The maximum atomic E-state index is 12.5. The molecule has 1 aliphatic rings. The predicted octanol–water partition coefficient (Wildman–Crippen LogP) is 1.09. The molecule has 2 heterocycles. The molecular weight excluding hydrogens is 392 g/mol. The average Bonchev–Trinajstić information content (AvgIpc) is 3.25. The van der Waals surface area contributed by atoms with Crippen molar-refractivity contribution in [2.24, 2.45) is 4.40 Å². The molecule has 146 valence electrons. The molecule has 0 atom stereocenters. The molecule has 1 aliphatic carbocycles. The lowest BCUT2D eigenvalue weighted by atomic mass is 10.5. The third-order valence-corrected chi connectivity index (χ3v) is 5.55. The average molecular weight is 412 g/mol. The lowest BCUT2D eigenvalue weighted by molar-refractivity contribution is 0.243. The number of aryl methyl sites for hydroxylation is 1. The van der Waals surface area contributed by atoms with Gasteiger partial charge in [-0.3, -0.25) is 4.57 Å². The summed E-state index contributed by atoms with van der Waals surface area (Å²) in [5.41, 5.74) is -0.671. The molecule has 1 N–H and O–H groups in total. The lowest BCUT2D eigenvalue weighted by Crippen LogP contribution is -2.40. The summed E-state index contributed by atoms with van der Waals surface area (Å²) >= 11 is 1.14. The summed E-state index contributed by atoms with van der Waals surface area (Å²) in [4.78, 5) is 25.1. The van der Waals surface area contributed by atoms with E-state index in [1.54, 1.807) is 39.9 Å². The van der Waals surface area contributed by atoms with Crippen molar-refractivity contribution in [1.82, 2.24) is 23.6 Å². The number of carbonyl (C=O) groups excluding carboxylic acids is 1. The molecule has 0 bridgehead atoms. The highest BCUT2D eigenvalue weighted by Crippen LogP contribution is 2.34. The fourth-order valence-electron chi connectivity index (χ4n) is 2.52. The lowest BCUT2D eigenvalue weighted by Gasteiger charge is -2.02. The van der Waals surface area contributed by atoms with Crippen LogP contribution in [-0.4, -0.2) is 33.4 Å². The summed E-state index contributed by atoms with van der Waals surface area (Å²) in [5, 5.41) is 5.65. The summed E-state index contributed by atoms with van der Waals surface area (Å²) in [5.74, 6) is 0.313. The first-order valence-corrected chi connectivity index (χ1v) is 10.8. The van der Waals surface area contributed by atoms with Crippen LogP contribution in [0.5, 0.6) is 0 Å². The van der Waals surface area contributed by atoms with Crippen molar-refractivity contribution in [2.75, 3.05) is 0 Å². The second kappa shape index (κ2) is 7.64. The molecule has 1 saturated carbocycles. The molecule has 12 heteroatoms. The van der Waals surface area contributed by atoms with E-state index in [4.69, 9.17) is 0 Å². The Balaban J connectivity index is 1.90. The van der Waals surface area contributed by atoms with Crippen LogP contribution in [0.15, 0.2) is 26.8 Å². The van der Waals surface area contributed by atoms with Crippen molar-refractivity contribution < 1.29 is 13.2 Å². The number of thiazole rings is 1. The summed E-state index contributed by atoms with van der Waals surface area (Å²) in [6.45, 7) is 4.32. The summed E-state index contributed by atoms with van der Waals surface area (Å²) in [6.07, 6.45) is 7.45. The van der Waals surface area contributed by atoms with Crippen molar-refractivity contribution in [3.05, 3.63) is 38.8 Å². The minimum Gasteiger partial charge on any atom is -0.323 e. The number of hydrogen-bond donors (Lipinski definition) is 1. The SMILES string of the molecule is C/C=C/c1nn(C(=O)NS(=O)(=O)/N=c2\sccn2CCC)c(=O)n1C1CC1. The third kappa shape index (κ3) is 4.27. The van der Waals surface area contributed by atoms with Gasteiger partial charge in [-0.15, -0.1) is 25.5 Å². The van der Waals surface area contributed by atoms with Crippen molar-refractivity contribution in [2.45, 2.75) is 45.7 Å². The molecule has 0 saturated heterocycles. The zero-order chi connectivity index (χ0) is 19.6. The Morgan fingerprint density at radius 2 is 2.22 bits per heavy atom. The fourth-order valence-corrected chi connectivity index (χ4v) is 4.27. The van der Waals surface area contributed by atoms with E-state index in [-0.39, 0.29) is 10.8 Å². The van der Waals surface area contributed by atoms with Crippen LogP contribution in [0.2, 0.25) is 0 Å². The van der Waals surface area contributed by atoms with Crippen LogP contribution in [0.4, 0.5) is 4.79 Å². The minimum atomic E-state index is -4.34. The van der Waals surface area contributed by atoms with Crippen molar-refractivity contribution in [3.63, 3.8) is 0 Å². The first-order valence-electron chi connectivity index (χ1n) is 8.47. The monoisotopic (exact) mass is 412 g/mol. The Hall–Kier alpha value is -2.47. The van der Waals surface area contributed by atoms with Gasteiger partial charge < -0.3 is 4.57 Å². The van der Waals surface area contributed by atoms with Gasteiger partial charge in [-0.05, 0) is 32.3 Å². The Labute approximate surface area is 159 Å². The number of nitrogens with one attached hydrogen (secondary N) is 1. The number of allylic oxidation sites excluding steroid dienone is 1. The second-order valence-electron chi connectivity index (χ2n) is 6.01. The Kier molecular flexibility index (Phi) is 5.46. The number of rotatable bonds is 6. The van der Waals surface area contributed by atoms with Gasteiger partial charge in [-0.1, -0.05) is 13.0 Å². The maximum absolute atomic E-state index is 12.5. The Bertz CT molecular complexity index is 1100. The zero-order valence-electron chi connectivity index (χ0n) is 14.9. The maximum Gasteiger partial charge on any atom is 0.361 e. The molecule has 1 amide bonds. The van der Waals surface area contributed by atoms with E-state index in [0.717, 1.165) is 30.6 Å². The molecule has 2 aromatic rings. The van der Waals surface area contributed by atoms with E-state index in [0.29, 0.717) is 17.1 Å². The van der Waals surface area contributed by atoms with Gasteiger partial charge >= 0.3 is 21.9 Å². The van der Waals surface area contributed by atoms with Gasteiger partial charge in [-0.25, -0.2) is 14.3 Å². The van der Waals surface area contributed by atoms with Crippen molar-refractivity contribution in [1.29, 1.82) is 0 Å². The highest BCUT2D eigenvalue weighted by atomic mass is 32.2. The zero-order valence-corrected chi connectivity index (χ0v) is 16.5. The van der Waals surface area contributed by atoms with Gasteiger partial charge in [0.15, 0.2) is 5.82 Å². The predicted molar refractivity (Wildman–Crippen MR) is 100 cm³/mol. The molecule has 10 nitrogen and oxygen atoms in total. The van der Waals surface area contributed by atoms with Gasteiger partial charge in [-0.2, -0.15) is 8.42 Å². The topological polar surface area (TPSA) is 120 Å². The quantitative estimate of drug-likeness (QED) is 0.761. The molecule has 0 unspecified atom stereocenters. The van der Waals surface area contributed by atoms with Gasteiger partial charge in [0.25, 0.3) is 0 Å². The van der Waals surface area contributed by atoms with E-state index in [1.807, 2.05) is 6.92 Å². The van der Waals surface area contributed by atoms with Crippen LogP contribution < -0.4 is 15.2 Å². The van der Waals surface area contributed by atoms with Gasteiger partial charge in [0.05, 0.1) is 0 Å². The number of nitrogens with zero attached hydrogens (tertiary/aromatic N) is 5. The molecule has 1 fully saturated rings. The first-order chi connectivity index (χ1) is 12.9. The minimum absolute atomic E-state index is 0.00864. The Morgan fingerprint density at radius 3 is 2.85 bits per heavy atom. The molecule has 0 aromatic carbocycles. The standard InChI is InChI=1S/C15H20N6O4S2/c1-3-5-12-16-21(15(23)20(12)11-6-7-11)13(22)17-27(24,25)18-14-19(8-4-2)9-10-26-14/h3,5,9-11H,4,6-8H2,1-2H3,(H,17,22)/b5-3+,18-14-. The van der Waals surface area contributed by atoms with Crippen LogP contribution in [0, 0.1) is 0 Å². The van der Waals surface area contributed by atoms with Crippen LogP contribution >= 0.6 is 11.3 Å². The molecule has 0 aliphatic heterocycles. The van der Waals surface area contributed by atoms with Gasteiger partial charge in [0.1, 0.15) is 0 Å². The van der Waals surface area contributed by atoms with E-state index in [2.05, 4.69) is 9.50 Å². The summed E-state index contributed by atoms with van der Waals surface area (Å²) in [7, 11) is -4.34. The van der Waals surface area contributed by atoms with Crippen LogP contribution in [0.3, 0.4) is 0 Å². The number of carbonyl (C=O) groups is 1. The fraction of sp³-hybridized carbons (Fsp3) is 0.467. The van der Waals surface area contributed by atoms with Crippen molar-refractivity contribution >= 4 is 33.7 Å². The van der Waals surface area contributed by atoms with E-state index < -0.39 is 21.9 Å². The second-order valence-corrected chi connectivity index (χ2v) is 8.22. The highest BCUT2D eigenvalue weighted by molar-refractivity contribution is 7.88. The normalized spacial score (nSPS) is 15.6. The third-order valence-electron chi connectivity index (χ3n) is 3.80. The number of amides is 1. The van der Waals surface area contributed by atoms with E-state index in [1.165, 1.54) is 4.57 Å². The first kappa shape index (κ1) is 19.3. The van der Waals surface area contributed by atoms with Crippen LogP contribution in [-0.2, 0) is 16.8 Å². The van der Waals surface area contributed by atoms with E-state index >= 15 is 0 Å². The molecule has 27 heavy (non-hydrogen) atoms. The summed E-state index contributed by atoms with van der Waals surface area (Å²) in [6, 6.07) is -1.17. The highest BCUT2D eigenvalue weighted by Gasteiger charge is 2.31. The van der Waals surface area contributed by atoms with Crippen LogP contribution in [0.1, 0.15) is 45.0 Å². The molecule has 0 radical (unpaired) electrons. The van der Waals surface area contributed by atoms with Crippen LogP contribution in [0.25, 0.3) is 6.08 Å². The molecule has 0 spiro atoms. The molecule has 2 aromatic heterocycles. The van der Waals surface area contributed by atoms with Crippen molar-refractivity contribution in [3.8, 4) is 0 Å². The smallest absolute Gasteiger partial charge is 0.323 e.